The molecule has 0 radical (unpaired) electrons. The monoisotopic (exact) mass is 328 g/mol. The average molecular weight is 329 g/mol. The van der Waals surface area contributed by atoms with Crippen LogP contribution in [0.3, 0.4) is 0 Å². The van der Waals surface area contributed by atoms with E-state index in [0.717, 1.165) is 24.8 Å². The Balaban J connectivity index is 1.56. The highest BCUT2D eigenvalue weighted by Crippen LogP contribution is 2.45. The molecule has 3 fully saturated rings. The summed E-state index contributed by atoms with van der Waals surface area (Å²) in [7, 11) is 3.25. The molecule has 0 spiro atoms. The first kappa shape index (κ1) is 16.9. The van der Waals surface area contributed by atoms with Crippen LogP contribution in [0.1, 0.15) is 57.8 Å². The maximum Gasteiger partial charge on any atom is 0.370 e. The molecule has 4 nitrogen and oxygen atoms in total. The van der Waals surface area contributed by atoms with E-state index in [2.05, 4.69) is 0 Å². The smallest absolute Gasteiger partial charge is 0.370 e. The molecular weight excluding hydrogens is 296 g/mol. The summed E-state index contributed by atoms with van der Waals surface area (Å²) < 4.78 is 23.7. The second kappa shape index (κ2) is 6.89. The standard InChI is InChI=1S/C17H32O4Si/c1-18-17(10-4-5-12-22(17,19-2)20-3)11-6-7-14-8-9-15-16(13-14)21-15/h14-16H,4-13H2,1-3H3. The molecule has 4 unspecified atom stereocenters. The first-order chi connectivity index (χ1) is 10.7. The van der Waals surface area contributed by atoms with Gasteiger partial charge in [-0.25, -0.2) is 0 Å². The molecule has 2 saturated heterocycles. The summed E-state index contributed by atoms with van der Waals surface area (Å²) >= 11 is 0. The van der Waals surface area contributed by atoms with Crippen LogP contribution in [0, 0.1) is 5.92 Å². The Labute approximate surface area is 136 Å². The molecule has 2 heterocycles. The van der Waals surface area contributed by atoms with Gasteiger partial charge in [-0.15, -0.1) is 0 Å². The zero-order valence-corrected chi connectivity index (χ0v) is 15.4. The van der Waals surface area contributed by atoms with Gasteiger partial charge in [0.05, 0.1) is 12.2 Å². The molecule has 1 aliphatic carbocycles. The molecule has 5 heteroatoms. The largest absolute Gasteiger partial charge is 0.396 e. The van der Waals surface area contributed by atoms with Gasteiger partial charge in [0.1, 0.15) is 5.22 Å². The highest BCUT2D eigenvalue weighted by molar-refractivity contribution is 6.70. The van der Waals surface area contributed by atoms with Gasteiger partial charge < -0.3 is 18.3 Å². The van der Waals surface area contributed by atoms with Crippen molar-refractivity contribution in [3.05, 3.63) is 0 Å². The molecule has 0 aromatic heterocycles. The topological polar surface area (TPSA) is 40.2 Å². The predicted molar refractivity (Wildman–Crippen MR) is 88.0 cm³/mol. The molecule has 2 aliphatic heterocycles. The lowest BCUT2D eigenvalue weighted by atomic mass is 9.85. The summed E-state index contributed by atoms with van der Waals surface area (Å²) in [6.07, 6.45) is 12.3. The van der Waals surface area contributed by atoms with Crippen molar-refractivity contribution in [2.24, 2.45) is 5.92 Å². The number of fused-ring (bicyclic) bond motifs is 1. The number of methoxy groups -OCH3 is 1. The predicted octanol–water partition coefficient (Wildman–Crippen LogP) is 3.57. The van der Waals surface area contributed by atoms with Gasteiger partial charge in [0, 0.05) is 21.3 Å². The van der Waals surface area contributed by atoms with Gasteiger partial charge in [-0.1, -0.05) is 25.7 Å². The van der Waals surface area contributed by atoms with Crippen LogP contribution < -0.4 is 0 Å². The van der Waals surface area contributed by atoms with Crippen LogP contribution in [0.15, 0.2) is 0 Å². The fourth-order valence-electron chi connectivity index (χ4n) is 4.95. The fourth-order valence-corrected chi connectivity index (χ4v) is 8.86. The zero-order chi connectivity index (χ0) is 15.6. The summed E-state index contributed by atoms with van der Waals surface area (Å²) in [5, 5.41) is -0.151. The van der Waals surface area contributed by atoms with Crippen LogP contribution in [-0.4, -0.2) is 47.3 Å². The van der Waals surface area contributed by atoms with Gasteiger partial charge in [-0.05, 0) is 44.1 Å². The van der Waals surface area contributed by atoms with Gasteiger partial charge in [0.2, 0.25) is 0 Å². The summed E-state index contributed by atoms with van der Waals surface area (Å²) in [5.41, 5.74) is 0. The van der Waals surface area contributed by atoms with Crippen LogP contribution in [0.5, 0.6) is 0 Å². The third kappa shape index (κ3) is 3.03. The molecular formula is C17H32O4Si. The lowest BCUT2D eigenvalue weighted by Gasteiger charge is -2.48. The third-order valence-corrected chi connectivity index (χ3v) is 10.8. The Bertz CT molecular complexity index is 374. The minimum absolute atomic E-state index is 0.151. The summed E-state index contributed by atoms with van der Waals surface area (Å²) in [6.45, 7) is 0. The summed E-state index contributed by atoms with van der Waals surface area (Å²) in [4.78, 5) is 0. The highest BCUT2D eigenvalue weighted by Gasteiger charge is 2.58. The van der Waals surface area contributed by atoms with Crippen molar-refractivity contribution in [3.63, 3.8) is 0 Å². The Morgan fingerprint density at radius 2 is 1.91 bits per heavy atom. The van der Waals surface area contributed by atoms with Crippen LogP contribution in [0.2, 0.25) is 6.04 Å². The quantitative estimate of drug-likeness (QED) is 0.529. The minimum atomic E-state index is -2.25. The van der Waals surface area contributed by atoms with E-state index in [4.69, 9.17) is 18.3 Å². The summed E-state index contributed by atoms with van der Waals surface area (Å²) in [6, 6.07) is 1.06. The molecule has 3 aliphatic rings. The first-order valence-corrected chi connectivity index (χ1v) is 11.0. The number of rotatable bonds is 7. The van der Waals surface area contributed by atoms with Crippen LogP contribution >= 0.6 is 0 Å². The second-order valence-electron chi connectivity index (χ2n) is 7.35. The van der Waals surface area contributed by atoms with Crippen molar-refractivity contribution in [1.82, 2.24) is 0 Å². The van der Waals surface area contributed by atoms with Crippen molar-refractivity contribution < 1.29 is 18.3 Å². The lowest BCUT2D eigenvalue weighted by Crippen LogP contribution is -2.64. The molecule has 128 valence electrons. The van der Waals surface area contributed by atoms with E-state index in [1.807, 2.05) is 21.3 Å². The summed E-state index contributed by atoms with van der Waals surface area (Å²) in [5.74, 6) is 0.849. The van der Waals surface area contributed by atoms with E-state index in [1.54, 1.807) is 0 Å². The van der Waals surface area contributed by atoms with E-state index in [1.165, 1.54) is 44.9 Å². The van der Waals surface area contributed by atoms with E-state index in [-0.39, 0.29) is 5.22 Å². The molecule has 0 N–H and O–H groups in total. The zero-order valence-electron chi connectivity index (χ0n) is 14.4. The van der Waals surface area contributed by atoms with Crippen molar-refractivity contribution in [3.8, 4) is 0 Å². The normalized spacial score (nSPS) is 40.2. The number of hydrogen-bond donors (Lipinski definition) is 0. The first-order valence-electron chi connectivity index (χ1n) is 8.99. The van der Waals surface area contributed by atoms with Gasteiger partial charge in [-0.3, -0.25) is 0 Å². The average Bonchev–Trinajstić information content (AvgIpc) is 3.34. The number of ether oxygens (including phenoxy) is 2. The fraction of sp³-hybridized carbons (Fsp3) is 1.00. The van der Waals surface area contributed by atoms with Crippen molar-refractivity contribution in [2.45, 2.75) is 81.3 Å². The third-order valence-electron chi connectivity index (χ3n) is 6.39. The van der Waals surface area contributed by atoms with Crippen molar-refractivity contribution in [1.29, 1.82) is 0 Å². The van der Waals surface area contributed by atoms with Crippen molar-refractivity contribution in [2.75, 3.05) is 21.3 Å². The molecule has 0 aromatic rings. The van der Waals surface area contributed by atoms with E-state index < -0.39 is 8.56 Å². The molecule has 4 atom stereocenters. The molecule has 1 saturated carbocycles. The van der Waals surface area contributed by atoms with E-state index in [0.29, 0.717) is 12.2 Å². The molecule has 0 aromatic carbocycles. The van der Waals surface area contributed by atoms with E-state index >= 15 is 0 Å². The highest BCUT2D eigenvalue weighted by atomic mass is 28.4. The molecule has 0 bridgehead atoms. The van der Waals surface area contributed by atoms with Gasteiger partial charge >= 0.3 is 8.56 Å². The Kier molecular flexibility index (Phi) is 5.29. The Hall–Kier alpha value is 0.0569. The van der Waals surface area contributed by atoms with E-state index in [9.17, 15) is 0 Å². The second-order valence-corrected chi connectivity index (χ2v) is 11.1. The van der Waals surface area contributed by atoms with Gasteiger partial charge in [0.25, 0.3) is 0 Å². The minimum Gasteiger partial charge on any atom is -0.396 e. The SMILES string of the molecule is COC1(CCCC2CCC3OC3C2)CCCC[Si]1(OC)OC. The van der Waals surface area contributed by atoms with Crippen molar-refractivity contribution >= 4 is 8.56 Å². The lowest BCUT2D eigenvalue weighted by molar-refractivity contribution is -0.0168. The Morgan fingerprint density at radius 1 is 1.09 bits per heavy atom. The van der Waals surface area contributed by atoms with Gasteiger partial charge in [-0.2, -0.15) is 0 Å². The number of hydrogen-bond acceptors (Lipinski definition) is 4. The molecule has 22 heavy (non-hydrogen) atoms. The Morgan fingerprint density at radius 3 is 2.59 bits per heavy atom. The number of epoxide rings is 1. The maximum atomic E-state index is 6.08. The van der Waals surface area contributed by atoms with Gasteiger partial charge in [0.15, 0.2) is 0 Å². The van der Waals surface area contributed by atoms with Crippen LogP contribution in [0.25, 0.3) is 0 Å². The molecule has 0 amide bonds. The van der Waals surface area contributed by atoms with Crippen LogP contribution in [-0.2, 0) is 18.3 Å². The maximum absolute atomic E-state index is 6.08. The molecule has 3 rings (SSSR count). The van der Waals surface area contributed by atoms with Crippen LogP contribution in [0.4, 0.5) is 0 Å².